The molecular formula is C26H24BrN3O2S2. The Morgan fingerprint density at radius 2 is 1.91 bits per heavy atom. The lowest BCUT2D eigenvalue weighted by Crippen LogP contribution is -2.23. The van der Waals surface area contributed by atoms with Gasteiger partial charge in [0.1, 0.15) is 4.83 Å². The maximum atomic E-state index is 13.8. The summed E-state index contributed by atoms with van der Waals surface area (Å²) in [5.74, 6) is 0.0355. The molecule has 1 N–H and O–H groups in total. The number of aromatic nitrogens is 2. The summed E-state index contributed by atoms with van der Waals surface area (Å²) in [6.07, 6.45) is 4.19. The summed E-state index contributed by atoms with van der Waals surface area (Å²) in [6.45, 7) is 4.02. The minimum atomic E-state index is -0.124. The number of carbonyl (C=O) groups is 1. The summed E-state index contributed by atoms with van der Waals surface area (Å²) >= 11 is 6.39. The van der Waals surface area contributed by atoms with Gasteiger partial charge in [-0.25, -0.2) is 4.98 Å². The first-order valence-corrected chi connectivity index (χ1v) is 13.8. The summed E-state index contributed by atoms with van der Waals surface area (Å²) < 4.78 is 2.60. The predicted octanol–water partition coefficient (Wildman–Crippen LogP) is 6.44. The minimum absolute atomic E-state index is 0.0517. The van der Waals surface area contributed by atoms with E-state index in [4.69, 9.17) is 4.98 Å². The van der Waals surface area contributed by atoms with Crippen molar-refractivity contribution in [3.8, 4) is 5.69 Å². The molecule has 1 aliphatic rings. The Morgan fingerprint density at radius 1 is 1.15 bits per heavy atom. The van der Waals surface area contributed by atoms with E-state index in [0.717, 1.165) is 62.9 Å². The molecule has 0 aliphatic heterocycles. The van der Waals surface area contributed by atoms with Crippen molar-refractivity contribution in [2.24, 2.45) is 0 Å². The maximum Gasteiger partial charge on any atom is 0.267 e. The van der Waals surface area contributed by atoms with Gasteiger partial charge in [-0.05, 0) is 86.6 Å². The van der Waals surface area contributed by atoms with Crippen molar-refractivity contribution in [1.82, 2.24) is 9.55 Å². The summed E-state index contributed by atoms with van der Waals surface area (Å²) in [4.78, 5) is 33.6. The van der Waals surface area contributed by atoms with Crippen LogP contribution < -0.4 is 10.9 Å². The molecule has 5 nitrogen and oxygen atoms in total. The van der Waals surface area contributed by atoms with Crippen molar-refractivity contribution in [3.05, 3.63) is 78.9 Å². The van der Waals surface area contributed by atoms with Crippen LogP contribution in [0.5, 0.6) is 0 Å². The van der Waals surface area contributed by atoms with Gasteiger partial charge in [0.2, 0.25) is 5.91 Å². The van der Waals surface area contributed by atoms with Crippen LogP contribution in [-0.2, 0) is 17.6 Å². The van der Waals surface area contributed by atoms with Crippen LogP contribution in [0.1, 0.15) is 34.4 Å². The molecule has 174 valence electrons. The predicted molar refractivity (Wildman–Crippen MR) is 145 cm³/mol. The van der Waals surface area contributed by atoms with Crippen LogP contribution in [0.15, 0.2) is 56.9 Å². The lowest BCUT2D eigenvalue weighted by atomic mass is 9.97. The van der Waals surface area contributed by atoms with Crippen molar-refractivity contribution in [2.45, 2.75) is 44.7 Å². The molecule has 2 aromatic heterocycles. The third kappa shape index (κ3) is 4.46. The maximum absolute atomic E-state index is 13.8. The van der Waals surface area contributed by atoms with Crippen LogP contribution in [0.3, 0.4) is 0 Å². The van der Waals surface area contributed by atoms with Gasteiger partial charge < -0.3 is 5.32 Å². The molecule has 0 spiro atoms. The fourth-order valence-corrected chi connectivity index (χ4v) is 6.68. The van der Waals surface area contributed by atoms with Gasteiger partial charge in [0.15, 0.2) is 5.16 Å². The second-order valence-electron chi connectivity index (χ2n) is 8.49. The molecule has 0 fully saturated rings. The monoisotopic (exact) mass is 553 g/mol. The topological polar surface area (TPSA) is 64.0 Å². The fourth-order valence-electron chi connectivity index (χ4n) is 4.30. The van der Waals surface area contributed by atoms with Crippen LogP contribution in [-0.4, -0.2) is 21.2 Å². The molecule has 34 heavy (non-hydrogen) atoms. The molecule has 0 atom stereocenters. The molecule has 0 unspecified atom stereocenters. The smallest absolute Gasteiger partial charge is 0.267 e. The molecule has 0 bridgehead atoms. The Balaban J connectivity index is 1.52. The number of nitrogens with zero attached hydrogens (tertiary/aromatic N) is 2. The Morgan fingerprint density at radius 3 is 2.71 bits per heavy atom. The normalized spacial score (nSPS) is 13.1. The number of hydrogen-bond donors (Lipinski definition) is 1. The number of thiophene rings is 1. The number of aryl methyl sites for hydroxylation is 3. The van der Waals surface area contributed by atoms with Gasteiger partial charge in [0.05, 0.1) is 16.8 Å². The highest BCUT2D eigenvalue weighted by Crippen LogP contribution is 2.35. The molecule has 0 saturated carbocycles. The Kier molecular flexibility index (Phi) is 6.64. The molecule has 5 rings (SSSR count). The molecule has 4 aromatic rings. The van der Waals surface area contributed by atoms with Crippen molar-refractivity contribution >= 4 is 60.8 Å². The van der Waals surface area contributed by atoms with Gasteiger partial charge in [-0.2, -0.15) is 0 Å². The van der Waals surface area contributed by atoms with E-state index in [2.05, 4.69) is 21.2 Å². The average molecular weight is 555 g/mol. The largest absolute Gasteiger partial charge is 0.325 e. The Labute approximate surface area is 214 Å². The number of thioether (sulfide) groups is 1. The van der Waals surface area contributed by atoms with E-state index >= 15 is 0 Å². The molecule has 2 aromatic carbocycles. The van der Waals surface area contributed by atoms with Gasteiger partial charge >= 0.3 is 0 Å². The molecule has 0 saturated heterocycles. The Hall–Kier alpha value is -2.42. The number of halogens is 1. The molecule has 1 amide bonds. The van der Waals surface area contributed by atoms with Crippen LogP contribution in [0.2, 0.25) is 0 Å². The zero-order valence-corrected chi connectivity index (χ0v) is 22.2. The van der Waals surface area contributed by atoms with E-state index in [1.807, 2.05) is 56.3 Å². The number of carbonyl (C=O) groups excluding carboxylic acids is 1. The molecule has 2 heterocycles. The van der Waals surface area contributed by atoms with E-state index in [1.54, 1.807) is 15.9 Å². The van der Waals surface area contributed by atoms with Crippen molar-refractivity contribution in [3.63, 3.8) is 0 Å². The highest BCUT2D eigenvalue weighted by atomic mass is 79.9. The summed E-state index contributed by atoms with van der Waals surface area (Å²) in [6, 6.07) is 13.5. The summed E-state index contributed by atoms with van der Waals surface area (Å²) in [5, 5.41) is 4.28. The number of benzene rings is 2. The van der Waals surface area contributed by atoms with Crippen LogP contribution >= 0.6 is 39.0 Å². The van der Waals surface area contributed by atoms with E-state index in [1.165, 1.54) is 22.2 Å². The quantitative estimate of drug-likeness (QED) is 0.228. The van der Waals surface area contributed by atoms with Crippen molar-refractivity contribution in [1.29, 1.82) is 0 Å². The fraction of sp³-hybridized carbons (Fsp3) is 0.269. The van der Waals surface area contributed by atoms with Gasteiger partial charge in [-0.3, -0.25) is 14.2 Å². The van der Waals surface area contributed by atoms with Crippen LogP contribution in [0, 0.1) is 13.8 Å². The third-order valence-corrected chi connectivity index (χ3v) is 8.91. The number of amides is 1. The van der Waals surface area contributed by atoms with Crippen LogP contribution in [0.4, 0.5) is 5.69 Å². The summed E-state index contributed by atoms with van der Waals surface area (Å²) in [7, 11) is 0. The number of fused-ring (bicyclic) bond motifs is 3. The van der Waals surface area contributed by atoms with Gasteiger partial charge in [0.25, 0.3) is 5.56 Å². The first-order valence-electron chi connectivity index (χ1n) is 11.2. The first-order chi connectivity index (χ1) is 16.4. The number of anilines is 1. The minimum Gasteiger partial charge on any atom is -0.325 e. The van der Waals surface area contributed by atoms with Crippen molar-refractivity contribution in [2.75, 3.05) is 11.1 Å². The molecule has 1 aliphatic carbocycles. The number of rotatable bonds is 5. The highest BCUT2D eigenvalue weighted by Gasteiger charge is 2.23. The van der Waals surface area contributed by atoms with Crippen LogP contribution in [0.25, 0.3) is 15.9 Å². The van der Waals surface area contributed by atoms with Gasteiger partial charge in [-0.15, -0.1) is 11.3 Å². The molecule has 8 heteroatoms. The highest BCUT2D eigenvalue weighted by molar-refractivity contribution is 9.10. The zero-order chi connectivity index (χ0) is 23.8. The SMILES string of the molecule is Cc1cccc(NC(=O)CSc2nc3sc4c(c3c(=O)n2-c2ccc(Br)cc2)CCCC4)c1C. The second kappa shape index (κ2) is 9.68. The molecular weight excluding hydrogens is 530 g/mol. The van der Waals surface area contributed by atoms with E-state index in [0.29, 0.717) is 5.16 Å². The van der Waals surface area contributed by atoms with Crippen molar-refractivity contribution < 1.29 is 4.79 Å². The second-order valence-corrected chi connectivity index (χ2v) is 11.4. The van der Waals surface area contributed by atoms with E-state index in [9.17, 15) is 9.59 Å². The Bertz CT molecular complexity index is 1460. The molecule has 0 radical (unpaired) electrons. The number of hydrogen-bond acceptors (Lipinski definition) is 5. The standard InChI is InChI=1S/C26H24BrN3O2S2/c1-15-6-5-8-20(16(15)2)28-22(31)14-33-26-29-24-23(19-7-3-4-9-21(19)34-24)25(32)30(26)18-12-10-17(27)11-13-18/h5-6,8,10-13H,3-4,7,9,14H2,1-2H3,(H,28,31). The summed E-state index contributed by atoms with van der Waals surface area (Å²) in [5.41, 5.74) is 4.85. The average Bonchev–Trinajstić information content (AvgIpc) is 3.20. The third-order valence-electron chi connectivity index (χ3n) is 6.25. The number of nitrogens with one attached hydrogen (secondary N) is 1. The zero-order valence-electron chi connectivity index (χ0n) is 19.0. The van der Waals surface area contributed by atoms with E-state index in [-0.39, 0.29) is 17.2 Å². The van der Waals surface area contributed by atoms with Gasteiger partial charge in [0, 0.05) is 15.0 Å². The lowest BCUT2D eigenvalue weighted by molar-refractivity contribution is -0.113. The lowest BCUT2D eigenvalue weighted by Gasteiger charge is -2.14. The van der Waals surface area contributed by atoms with Gasteiger partial charge in [-0.1, -0.05) is 39.8 Å². The first kappa shape index (κ1) is 23.3. The van der Waals surface area contributed by atoms with E-state index < -0.39 is 0 Å².